The minimum absolute atomic E-state index is 0.108. The zero-order valence-electron chi connectivity index (χ0n) is 16.5. The van der Waals surface area contributed by atoms with Gasteiger partial charge in [0.15, 0.2) is 5.58 Å². The molecule has 3 rings (SSSR count). The number of fused-ring (bicyclic) bond motifs is 1. The first-order valence-corrected chi connectivity index (χ1v) is 10.9. The van der Waals surface area contributed by atoms with Crippen LogP contribution in [0.3, 0.4) is 0 Å². The van der Waals surface area contributed by atoms with Crippen molar-refractivity contribution in [2.24, 2.45) is 5.92 Å². The minimum Gasteiger partial charge on any atom is -0.444 e. The maximum absolute atomic E-state index is 12.8. The summed E-state index contributed by atoms with van der Waals surface area (Å²) in [6.45, 7) is 6.09. The molecule has 1 amide bonds. The monoisotopic (exact) mass is 425 g/mol. The summed E-state index contributed by atoms with van der Waals surface area (Å²) in [4.78, 5) is 28.0. The Bertz CT molecular complexity index is 1040. The molecule has 1 aliphatic rings. The van der Waals surface area contributed by atoms with Gasteiger partial charge in [0.2, 0.25) is 9.84 Å². The molecule has 0 spiro atoms. The molecule has 2 aromatic rings. The molecule has 1 saturated heterocycles. The lowest BCUT2D eigenvalue weighted by Crippen LogP contribution is -2.44. The second kappa shape index (κ2) is 7.62. The maximum atomic E-state index is 12.8. The van der Waals surface area contributed by atoms with E-state index in [1.54, 1.807) is 20.8 Å². The van der Waals surface area contributed by atoms with Crippen LogP contribution in [0.1, 0.15) is 33.6 Å². The first kappa shape index (κ1) is 21.0. The fraction of sp³-hybridized carbons (Fsp3) is 0.556. The van der Waals surface area contributed by atoms with Gasteiger partial charge in [-0.05, 0) is 45.6 Å². The molecule has 0 N–H and O–H groups in total. The van der Waals surface area contributed by atoms with Crippen LogP contribution in [0.25, 0.3) is 11.1 Å². The topological polar surface area (TPSA) is 133 Å². The van der Waals surface area contributed by atoms with Crippen molar-refractivity contribution in [3.8, 4) is 0 Å². The Morgan fingerprint density at radius 3 is 2.79 bits per heavy atom. The Hall–Kier alpha value is -2.69. The number of carbonyl (C=O) groups is 1. The van der Waals surface area contributed by atoms with Crippen molar-refractivity contribution < 1.29 is 27.3 Å². The summed E-state index contributed by atoms with van der Waals surface area (Å²) < 4.78 is 36.2. The number of carbonyl (C=O) groups excluding carboxylic acids is 1. The third-order valence-electron chi connectivity index (χ3n) is 4.45. The van der Waals surface area contributed by atoms with Gasteiger partial charge in [0.1, 0.15) is 11.1 Å². The molecule has 1 fully saturated rings. The third kappa shape index (κ3) is 5.03. The smallest absolute Gasteiger partial charge is 0.410 e. The first-order valence-electron chi connectivity index (χ1n) is 9.20. The van der Waals surface area contributed by atoms with Crippen molar-refractivity contribution in [1.82, 2.24) is 9.88 Å². The van der Waals surface area contributed by atoms with E-state index in [0.717, 1.165) is 0 Å². The SMILES string of the molecule is CC(C)(C)OC(=O)N1CCC[C@H](CS(=O)(=O)c2nc3cc([N+](=O)[O-])ccc3o2)C1. The fourth-order valence-corrected chi connectivity index (χ4v) is 4.71. The molecule has 29 heavy (non-hydrogen) atoms. The zero-order valence-corrected chi connectivity index (χ0v) is 17.3. The van der Waals surface area contributed by atoms with E-state index in [1.807, 2.05) is 0 Å². The Kier molecular flexibility index (Phi) is 5.52. The highest BCUT2D eigenvalue weighted by Crippen LogP contribution is 2.27. The predicted octanol–water partition coefficient (Wildman–Crippen LogP) is 3.16. The Morgan fingerprint density at radius 2 is 2.14 bits per heavy atom. The van der Waals surface area contributed by atoms with Gasteiger partial charge < -0.3 is 14.1 Å². The highest BCUT2D eigenvalue weighted by Gasteiger charge is 2.32. The van der Waals surface area contributed by atoms with Gasteiger partial charge >= 0.3 is 11.3 Å². The van der Waals surface area contributed by atoms with E-state index in [-0.39, 0.29) is 35.0 Å². The molecule has 0 aliphatic carbocycles. The number of nitrogens with zero attached hydrogens (tertiary/aromatic N) is 3. The van der Waals surface area contributed by atoms with Crippen molar-refractivity contribution >= 4 is 32.7 Å². The molecule has 1 aromatic heterocycles. The van der Waals surface area contributed by atoms with Crippen LogP contribution in [0.15, 0.2) is 27.8 Å². The number of nitro groups is 1. The summed E-state index contributed by atoms with van der Waals surface area (Å²) in [6, 6.07) is 3.72. The maximum Gasteiger partial charge on any atom is 0.410 e. The molecule has 0 bridgehead atoms. The number of sulfone groups is 1. The van der Waals surface area contributed by atoms with Gasteiger partial charge in [-0.25, -0.2) is 13.2 Å². The van der Waals surface area contributed by atoms with Crippen LogP contribution in [0.2, 0.25) is 0 Å². The number of non-ortho nitro benzene ring substituents is 1. The van der Waals surface area contributed by atoms with E-state index >= 15 is 0 Å². The van der Waals surface area contributed by atoms with Crippen LogP contribution in [-0.2, 0) is 14.6 Å². The fourth-order valence-electron chi connectivity index (χ4n) is 3.22. The molecular weight excluding hydrogens is 402 g/mol. The first-order chi connectivity index (χ1) is 13.4. The van der Waals surface area contributed by atoms with Crippen LogP contribution in [0, 0.1) is 16.0 Å². The number of rotatable bonds is 4. The zero-order chi connectivity index (χ0) is 21.4. The lowest BCUT2D eigenvalue weighted by molar-refractivity contribution is -0.384. The van der Waals surface area contributed by atoms with Gasteiger partial charge in [0.25, 0.3) is 5.69 Å². The second-order valence-corrected chi connectivity index (χ2v) is 10.0. The highest BCUT2D eigenvalue weighted by molar-refractivity contribution is 7.91. The molecule has 1 aromatic carbocycles. The Morgan fingerprint density at radius 1 is 1.41 bits per heavy atom. The molecule has 0 saturated carbocycles. The number of hydrogen-bond donors (Lipinski definition) is 0. The summed E-state index contributed by atoms with van der Waals surface area (Å²) in [5.41, 5.74) is -0.559. The van der Waals surface area contributed by atoms with Crippen LogP contribution in [-0.4, -0.2) is 53.8 Å². The molecule has 1 atom stereocenters. The highest BCUT2D eigenvalue weighted by atomic mass is 32.2. The molecule has 10 nitrogen and oxygen atoms in total. The van der Waals surface area contributed by atoms with Crippen LogP contribution >= 0.6 is 0 Å². The van der Waals surface area contributed by atoms with Crippen molar-refractivity contribution in [2.45, 2.75) is 44.4 Å². The van der Waals surface area contributed by atoms with Crippen molar-refractivity contribution in [2.75, 3.05) is 18.8 Å². The van der Waals surface area contributed by atoms with Gasteiger partial charge in [-0.1, -0.05) is 0 Å². The normalized spacial score (nSPS) is 18.0. The predicted molar refractivity (Wildman–Crippen MR) is 103 cm³/mol. The Balaban J connectivity index is 1.74. The molecule has 158 valence electrons. The molecule has 1 aliphatic heterocycles. The third-order valence-corrected chi connectivity index (χ3v) is 6.07. The summed E-state index contributed by atoms with van der Waals surface area (Å²) in [7, 11) is -3.87. The number of piperidine rings is 1. The van der Waals surface area contributed by atoms with Crippen molar-refractivity contribution in [1.29, 1.82) is 0 Å². The van der Waals surface area contributed by atoms with E-state index < -0.39 is 31.7 Å². The molecule has 0 unspecified atom stereocenters. The molecular formula is C18H23N3O7S. The quantitative estimate of drug-likeness (QED) is 0.539. The number of likely N-dealkylation sites (tertiary alicyclic amines) is 1. The van der Waals surface area contributed by atoms with Crippen molar-refractivity contribution in [3.63, 3.8) is 0 Å². The number of amides is 1. The molecule has 11 heteroatoms. The van der Waals surface area contributed by atoms with Gasteiger partial charge in [0.05, 0.1) is 10.7 Å². The number of hydrogen-bond acceptors (Lipinski definition) is 8. The minimum atomic E-state index is -3.87. The number of oxazole rings is 1. The lowest BCUT2D eigenvalue weighted by atomic mass is 10.0. The number of ether oxygens (including phenoxy) is 1. The van der Waals surface area contributed by atoms with Gasteiger partial charge in [-0.2, -0.15) is 4.98 Å². The molecule has 2 heterocycles. The summed E-state index contributed by atoms with van der Waals surface area (Å²) in [6.07, 6.45) is 0.845. The van der Waals surface area contributed by atoms with Crippen LogP contribution in [0.4, 0.5) is 10.5 Å². The van der Waals surface area contributed by atoms with E-state index in [9.17, 15) is 23.3 Å². The average molecular weight is 425 g/mol. The summed E-state index contributed by atoms with van der Waals surface area (Å²) in [5, 5.41) is 10.4. The number of nitro benzene ring substituents is 1. The van der Waals surface area contributed by atoms with Gasteiger partial charge in [0, 0.05) is 25.2 Å². The number of aromatic nitrogens is 1. The van der Waals surface area contributed by atoms with Gasteiger partial charge in [-0.15, -0.1) is 0 Å². The van der Waals surface area contributed by atoms with Crippen LogP contribution < -0.4 is 0 Å². The summed E-state index contributed by atoms with van der Waals surface area (Å²) >= 11 is 0. The average Bonchev–Trinajstić information content (AvgIpc) is 3.04. The van der Waals surface area contributed by atoms with Gasteiger partial charge in [-0.3, -0.25) is 10.1 Å². The second-order valence-electron chi connectivity index (χ2n) is 8.10. The van der Waals surface area contributed by atoms with E-state index in [1.165, 1.54) is 23.1 Å². The van der Waals surface area contributed by atoms with Crippen molar-refractivity contribution in [3.05, 3.63) is 28.3 Å². The standard InChI is InChI=1S/C18H23N3O7S/c1-18(2,3)28-17(22)20-8-4-5-12(10-20)11-29(25,26)16-19-14-9-13(21(23)24)6-7-15(14)27-16/h6-7,9,12H,4-5,8,10-11H2,1-3H3/t12-/m0/s1. The van der Waals surface area contributed by atoms with E-state index in [0.29, 0.717) is 19.4 Å². The number of benzene rings is 1. The van der Waals surface area contributed by atoms with E-state index in [2.05, 4.69) is 4.98 Å². The largest absolute Gasteiger partial charge is 0.444 e. The molecule has 0 radical (unpaired) electrons. The lowest BCUT2D eigenvalue weighted by Gasteiger charge is -2.33. The Labute approximate surface area is 167 Å². The van der Waals surface area contributed by atoms with Crippen LogP contribution in [0.5, 0.6) is 0 Å². The van der Waals surface area contributed by atoms with E-state index in [4.69, 9.17) is 9.15 Å². The summed E-state index contributed by atoms with van der Waals surface area (Å²) in [5.74, 6) is -0.521.